The molecule has 2 rings (SSSR count). The zero-order chi connectivity index (χ0) is 14.5. The number of rotatable bonds is 3. The number of nitrogens with zero attached hydrogens (tertiary/aromatic N) is 2. The lowest BCUT2D eigenvalue weighted by Gasteiger charge is -2.56. The van der Waals surface area contributed by atoms with Crippen molar-refractivity contribution in [1.29, 1.82) is 0 Å². The molecule has 1 aliphatic rings. The molecule has 2 atom stereocenters. The number of ether oxygens (including phenoxy) is 1. The van der Waals surface area contributed by atoms with Crippen LogP contribution in [0.1, 0.15) is 59.7 Å². The van der Waals surface area contributed by atoms with Gasteiger partial charge in [-0.3, -0.25) is 0 Å². The Balaban J connectivity index is 0.00000200. The molecule has 0 radical (unpaired) electrons. The van der Waals surface area contributed by atoms with E-state index in [4.69, 9.17) is 15.0 Å². The summed E-state index contributed by atoms with van der Waals surface area (Å²) in [7, 11) is 0. The molecule has 1 aromatic heterocycles. The van der Waals surface area contributed by atoms with Crippen LogP contribution in [0.25, 0.3) is 0 Å². The number of hydrogen-bond acceptors (Lipinski definition) is 5. The molecule has 0 spiro atoms. The molecule has 2 unspecified atom stereocenters. The van der Waals surface area contributed by atoms with Crippen LogP contribution in [0.3, 0.4) is 0 Å². The highest BCUT2D eigenvalue weighted by Gasteiger charge is 2.62. The molecule has 0 amide bonds. The van der Waals surface area contributed by atoms with Crippen molar-refractivity contribution in [2.75, 3.05) is 6.61 Å². The van der Waals surface area contributed by atoms with E-state index in [1.165, 1.54) is 0 Å². The van der Waals surface area contributed by atoms with Crippen LogP contribution in [-0.4, -0.2) is 22.9 Å². The van der Waals surface area contributed by atoms with Gasteiger partial charge in [-0.05, 0) is 6.92 Å². The predicted molar refractivity (Wildman–Crippen MR) is 79.9 cm³/mol. The third-order valence-electron chi connectivity index (χ3n) is 4.31. The molecule has 1 aliphatic carbocycles. The lowest BCUT2D eigenvalue weighted by Crippen LogP contribution is -2.67. The summed E-state index contributed by atoms with van der Waals surface area (Å²) in [5.74, 6) is 1.22. The van der Waals surface area contributed by atoms with Crippen molar-refractivity contribution in [1.82, 2.24) is 10.1 Å². The van der Waals surface area contributed by atoms with E-state index >= 15 is 0 Å². The summed E-state index contributed by atoms with van der Waals surface area (Å²) in [4.78, 5) is 4.51. The Hall–Kier alpha value is -0.650. The molecule has 0 saturated heterocycles. The molecule has 0 aromatic carbocycles. The number of halogens is 1. The van der Waals surface area contributed by atoms with Gasteiger partial charge >= 0.3 is 0 Å². The average molecular weight is 304 g/mol. The maximum Gasteiger partial charge on any atom is 0.247 e. The Bertz CT molecular complexity index is 467. The maximum absolute atomic E-state index is 6.50. The van der Waals surface area contributed by atoms with Gasteiger partial charge in [0.15, 0.2) is 5.82 Å². The van der Waals surface area contributed by atoms with Crippen LogP contribution in [0.15, 0.2) is 4.52 Å². The van der Waals surface area contributed by atoms with Gasteiger partial charge in [-0.25, -0.2) is 0 Å². The first-order valence-electron chi connectivity index (χ1n) is 6.88. The zero-order valence-corrected chi connectivity index (χ0v) is 14.0. The molecule has 116 valence electrons. The first kappa shape index (κ1) is 17.4. The van der Waals surface area contributed by atoms with Crippen LogP contribution in [0.4, 0.5) is 0 Å². The van der Waals surface area contributed by atoms with Crippen LogP contribution >= 0.6 is 12.4 Å². The lowest BCUT2D eigenvalue weighted by atomic mass is 9.54. The quantitative estimate of drug-likeness (QED) is 0.929. The van der Waals surface area contributed by atoms with E-state index in [0.29, 0.717) is 18.3 Å². The van der Waals surface area contributed by atoms with Crippen molar-refractivity contribution in [2.24, 2.45) is 11.1 Å². The van der Waals surface area contributed by atoms with Gasteiger partial charge in [0, 0.05) is 23.9 Å². The van der Waals surface area contributed by atoms with Gasteiger partial charge < -0.3 is 15.0 Å². The zero-order valence-electron chi connectivity index (χ0n) is 13.2. The number of hydrogen-bond donors (Lipinski definition) is 1. The van der Waals surface area contributed by atoms with Gasteiger partial charge in [0.05, 0.1) is 6.10 Å². The highest BCUT2D eigenvalue weighted by molar-refractivity contribution is 5.85. The summed E-state index contributed by atoms with van der Waals surface area (Å²) >= 11 is 0. The van der Waals surface area contributed by atoms with Crippen LogP contribution < -0.4 is 5.73 Å². The van der Waals surface area contributed by atoms with E-state index < -0.39 is 5.54 Å². The first-order chi connectivity index (χ1) is 8.63. The van der Waals surface area contributed by atoms with Crippen LogP contribution in [-0.2, 0) is 15.7 Å². The summed E-state index contributed by atoms with van der Waals surface area (Å²) in [6, 6.07) is 0. The van der Waals surface area contributed by atoms with Gasteiger partial charge in [0.2, 0.25) is 5.89 Å². The topological polar surface area (TPSA) is 74.2 Å². The second kappa shape index (κ2) is 5.28. The molecular formula is C14H26ClN3O2. The van der Waals surface area contributed by atoms with Gasteiger partial charge in [-0.1, -0.05) is 39.8 Å². The first-order valence-corrected chi connectivity index (χ1v) is 6.88. The van der Waals surface area contributed by atoms with Crippen LogP contribution in [0, 0.1) is 5.41 Å². The molecule has 5 nitrogen and oxygen atoms in total. The fraction of sp³-hybridized carbons (Fsp3) is 0.857. The average Bonchev–Trinajstić information content (AvgIpc) is 2.77. The van der Waals surface area contributed by atoms with Crippen molar-refractivity contribution >= 4 is 12.4 Å². The molecule has 1 fully saturated rings. The van der Waals surface area contributed by atoms with Gasteiger partial charge in [0.25, 0.3) is 0 Å². The summed E-state index contributed by atoms with van der Waals surface area (Å²) < 4.78 is 11.1. The second-order valence-corrected chi connectivity index (χ2v) is 7.01. The minimum Gasteiger partial charge on any atom is -0.378 e. The van der Waals surface area contributed by atoms with Gasteiger partial charge in [0.1, 0.15) is 5.54 Å². The van der Waals surface area contributed by atoms with Crippen molar-refractivity contribution < 1.29 is 9.26 Å². The molecular weight excluding hydrogens is 278 g/mol. The van der Waals surface area contributed by atoms with Crippen molar-refractivity contribution in [3.05, 3.63) is 11.7 Å². The number of aromatic nitrogens is 2. The summed E-state index contributed by atoms with van der Waals surface area (Å²) in [6.45, 7) is 13.0. The SMILES string of the molecule is CCOC1CC(N)(c2nc(C(C)(C)C)no2)C1(C)C.Cl. The molecule has 2 N–H and O–H groups in total. The summed E-state index contributed by atoms with van der Waals surface area (Å²) in [5.41, 5.74) is 5.57. The Kier molecular flexibility index (Phi) is 4.59. The highest BCUT2D eigenvalue weighted by atomic mass is 35.5. The van der Waals surface area contributed by atoms with Crippen molar-refractivity contribution in [3.8, 4) is 0 Å². The largest absolute Gasteiger partial charge is 0.378 e. The van der Waals surface area contributed by atoms with Gasteiger partial charge in [-0.2, -0.15) is 4.98 Å². The number of nitrogens with two attached hydrogens (primary N) is 1. The summed E-state index contributed by atoms with van der Waals surface area (Å²) in [5, 5.41) is 4.07. The van der Waals surface area contributed by atoms with Crippen molar-refractivity contribution in [2.45, 2.75) is 65.0 Å². The lowest BCUT2D eigenvalue weighted by molar-refractivity contribution is -0.162. The van der Waals surface area contributed by atoms with Gasteiger partial charge in [-0.15, -0.1) is 12.4 Å². The third kappa shape index (κ3) is 2.47. The Morgan fingerprint density at radius 2 is 2.00 bits per heavy atom. The Morgan fingerprint density at radius 1 is 1.40 bits per heavy atom. The molecule has 0 aliphatic heterocycles. The monoisotopic (exact) mass is 303 g/mol. The highest BCUT2D eigenvalue weighted by Crippen LogP contribution is 2.55. The molecule has 6 heteroatoms. The Morgan fingerprint density at radius 3 is 2.40 bits per heavy atom. The summed E-state index contributed by atoms with van der Waals surface area (Å²) in [6.07, 6.45) is 0.868. The van der Waals surface area contributed by atoms with Crippen LogP contribution in [0.2, 0.25) is 0 Å². The minimum absolute atomic E-state index is 0. The van der Waals surface area contributed by atoms with E-state index in [9.17, 15) is 0 Å². The fourth-order valence-corrected chi connectivity index (χ4v) is 2.51. The van der Waals surface area contributed by atoms with Crippen molar-refractivity contribution in [3.63, 3.8) is 0 Å². The van der Waals surface area contributed by atoms with E-state index in [1.54, 1.807) is 0 Å². The fourth-order valence-electron chi connectivity index (χ4n) is 2.51. The normalized spacial score (nSPS) is 28.6. The van der Waals surface area contributed by atoms with E-state index in [2.05, 4.69) is 44.8 Å². The molecule has 0 bridgehead atoms. The molecule has 1 heterocycles. The molecule has 20 heavy (non-hydrogen) atoms. The molecule has 1 aromatic rings. The van der Waals surface area contributed by atoms with E-state index in [0.717, 1.165) is 6.42 Å². The standard InChI is InChI=1S/C14H25N3O2.ClH/c1-7-18-9-8-14(15,13(9,5)6)11-16-10(17-19-11)12(2,3)4;/h9H,7-8,15H2,1-6H3;1H. The predicted octanol–water partition coefficient (Wildman–Crippen LogP) is 2.78. The maximum atomic E-state index is 6.50. The Labute approximate surface area is 127 Å². The third-order valence-corrected chi connectivity index (χ3v) is 4.31. The van der Waals surface area contributed by atoms with E-state index in [1.807, 2.05) is 6.92 Å². The second-order valence-electron chi connectivity index (χ2n) is 7.01. The van der Waals surface area contributed by atoms with E-state index in [-0.39, 0.29) is 29.3 Å². The smallest absolute Gasteiger partial charge is 0.247 e. The molecule has 1 saturated carbocycles. The van der Waals surface area contributed by atoms with Crippen LogP contribution in [0.5, 0.6) is 0 Å². The minimum atomic E-state index is -0.594.